The molecule has 1 saturated heterocycles. The van der Waals surface area contributed by atoms with Crippen molar-refractivity contribution in [2.75, 3.05) is 43.1 Å². The van der Waals surface area contributed by atoms with Gasteiger partial charge in [-0.25, -0.2) is 9.78 Å². The zero-order valence-electron chi connectivity index (χ0n) is 13.9. The van der Waals surface area contributed by atoms with Gasteiger partial charge in [0.2, 0.25) is 0 Å². The second-order valence-corrected chi connectivity index (χ2v) is 6.20. The minimum absolute atomic E-state index is 0.247. The Balaban J connectivity index is 1.44. The van der Waals surface area contributed by atoms with Crippen LogP contribution >= 0.6 is 11.6 Å². The van der Waals surface area contributed by atoms with Crippen LogP contribution in [-0.4, -0.2) is 43.9 Å². The van der Waals surface area contributed by atoms with Gasteiger partial charge in [0.25, 0.3) is 0 Å². The van der Waals surface area contributed by atoms with E-state index in [2.05, 4.69) is 20.5 Å². The van der Waals surface area contributed by atoms with Gasteiger partial charge in [-0.1, -0.05) is 23.7 Å². The quantitative estimate of drug-likeness (QED) is 0.860. The van der Waals surface area contributed by atoms with Crippen LogP contribution in [-0.2, 0) is 11.2 Å². The molecule has 2 heterocycles. The molecular weight excluding hydrogens is 340 g/mol. The molecule has 0 radical (unpaired) electrons. The summed E-state index contributed by atoms with van der Waals surface area (Å²) in [6, 6.07) is 11.1. The van der Waals surface area contributed by atoms with Gasteiger partial charge in [-0.05, 0) is 36.2 Å². The smallest absolute Gasteiger partial charge is 0.319 e. The normalized spacial score (nSPS) is 14.2. The zero-order chi connectivity index (χ0) is 17.5. The molecular formula is C18H21ClN4O2. The third-order valence-corrected chi connectivity index (χ3v) is 4.16. The predicted molar refractivity (Wildman–Crippen MR) is 99.4 cm³/mol. The average Bonchev–Trinajstić information content (AvgIpc) is 2.63. The molecule has 0 aliphatic carbocycles. The molecule has 0 spiro atoms. The molecule has 3 rings (SSSR count). The van der Waals surface area contributed by atoms with Crippen LogP contribution in [0.2, 0.25) is 5.02 Å². The number of urea groups is 1. The molecule has 1 fully saturated rings. The molecule has 2 amide bonds. The first-order valence-electron chi connectivity index (χ1n) is 8.29. The van der Waals surface area contributed by atoms with E-state index in [1.54, 1.807) is 6.20 Å². The van der Waals surface area contributed by atoms with Gasteiger partial charge >= 0.3 is 6.03 Å². The molecule has 1 aliphatic rings. The number of anilines is 2. The van der Waals surface area contributed by atoms with Crippen LogP contribution in [0.3, 0.4) is 0 Å². The predicted octanol–water partition coefficient (Wildman–Crippen LogP) is 2.94. The lowest BCUT2D eigenvalue weighted by Crippen LogP contribution is -2.36. The summed E-state index contributed by atoms with van der Waals surface area (Å²) in [5.41, 5.74) is 1.75. The maximum Gasteiger partial charge on any atom is 0.319 e. The summed E-state index contributed by atoms with van der Waals surface area (Å²) in [4.78, 5) is 18.5. The minimum atomic E-state index is -0.247. The number of rotatable bonds is 5. The standard InChI is InChI=1S/C18H21ClN4O2/c19-15-3-1-2-14(12-15)6-7-20-18(24)22-16-4-5-17(21-13-16)23-8-10-25-11-9-23/h1-5,12-13H,6-11H2,(H2,20,22,24). The molecule has 1 aromatic heterocycles. The third kappa shape index (κ3) is 5.34. The molecule has 0 saturated carbocycles. The van der Waals surface area contributed by atoms with Crippen molar-refractivity contribution < 1.29 is 9.53 Å². The van der Waals surface area contributed by atoms with Gasteiger partial charge in [0.1, 0.15) is 5.82 Å². The highest BCUT2D eigenvalue weighted by Crippen LogP contribution is 2.15. The third-order valence-electron chi connectivity index (χ3n) is 3.93. The first-order valence-corrected chi connectivity index (χ1v) is 8.66. The van der Waals surface area contributed by atoms with Crippen molar-refractivity contribution in [3.63, 3.8) is 0 Å². The van der Waals surface area contributed by atoms with E-state index in [1.165, 1.54) is 0 Å². The molecule has 25 heavy (non-hydrogen) atoms. The van der Waals surface area contributed by atoms with Crippen LogP contribution < -0.4 is 15.5 Å². The van der Waals surface area contributed by atoms with Crippen molar-refractivity contribution >= 4 is 29.1 Å². The Bertz CT molecular complexity index is 702. The van der Waals surface area contributed by atoms with Crippen molar-refractivity contribution in [2.24, 2.45) is 0 Å². The van der Waals surface area contributed by atoms with Gasteiger partial charge in [-0.3, -0.25) is 0 Å². The van der Waals surface area contributed by atoms with Crippen LogP contribution in [0.5, 0.6) is 0 Å². The first kappa shape index (κ1) is 17.5. The number of amides is 2. The molecule has 132 valence electrons. The lowest BCUT2D eigenvalue weighted by atomic mass is 10.1. The maximum absolute atomic E-state index is 12.0. The fourth-order valence-electron chi connectivity index (χ4n) is 2.63. The highest BCUT2D eigenvalue weighted by molar-refractivity contribution is 6.30. The van der Waals surface area contributed by atoms with Crippen molar-refractivity contribution in [1.29, 1.82) is 0 Å². The number of halogens is 1. The molecule has 6 nitrogen and oxygen atoms in total. The van der Waals surface area contributed by atoms with Crippen molar-refractivity contribution in [1.82, 2.24) is 10.3 Å². The highest BCUT2D eigenvalue weighted by atomic mass is 35.5. The molecule has 0 bridgehead atoms. The molecule has 2 N–H and O–H groups in total. The summed E-state index contributed by atoms with van der Waals surface area (Å²) in [7, 11) is 0. The Morgan fingerprint density at radius 1 is 1.24 bits per heavy atom. The number of hydrogen-bond donors (Lipinski definition) is 2. The first-order chi connectivity index (χ1) is 12.2. The second kappa shape index (κ2) is 8.69. The number of ether oxygens (including phenoxy) is 1. The van der Waals surface area contributed by atoms with E-state index in [1.807, 2.05) is 36.4 Å². The lowest BCUT2D eigenvalue weighted by molar-refractivity contribution is 0.122. The Morgan fingerprint density at radius 3 is 2.80 bits per heavy atom. The Kier molecular flexibility index (Phi) is 6.09. The van der Waals surface area contributed by atoms with Crippen molar-refractivity contribution in [3.05, 3.63) is 53.2 Å². The van der Waals surface area contributed by atoms with Gasteiger partial charge in [-0.2, -0.15) is 0 Å². The number of nitrogens with one attached hydrogen (secondary N) is 2. The van der Waals surface area contributed by atoms with E-state index in [-0.39, 0.29) is 6.03 Å². The van der Waals surface area contributed by atoms with Crippen LogP contribution in [0, 0.1) is 0 Å². The van der Waals surface area contributed by atoms with E-state index in [9.17, 15) is 4.79 Å². The SMILES string of the molecule is O=C(NCCc1cccc(Cl)c1)Nc1ccc(N2CCOCC2)nc1. The summed E-state index contributed by atoms with van der Waals surface area (Å²) in [6.45, 7) is 3.65. The molecule has 1 aromatic carbocycles. The van der Waals surface area contributed by atoms with Gasteiger partial charge in [0.15, 0.2) is 0 Å². The molecule has 1 aliphatic heterocycles. The average molecular weight is 361 g/mol. The summed E-state index contributed by atoms with van der Waals surface area (Å²) in [6.07, 6.45) is 2.39. The fraction of sp³-hybridized carbons (Fsp3) is 0.333. The number of carbonyl (C=O) groups is 1. The molecule has 2 aromatic rings. The Hall–Kier alpha value is -2.31. The topological polar surface area (TPSA) is 66.5 Å². The minimum Gasteiger partial charge on any atom is -0.378 e. The lowest BCUT2D eigenvalue weighted by Gasteiger charge is -2.27. The van der Waals surface area contributed by atoms with Crippen LogP contribution in [0.25, 0.3) is 0 Å². The summed E-state index contributed by atoms with van der Waals surface area (Å²) < 4.78 is 5.33. The number of benzene rings is 1. The maximum atomic E-state index is 12.0. The van der Waals surface area contributed by atoms with E-state index in [0.717, 1.165) is 44.1 Å². The number of carbonyl (C=O) groups excluding carboxylic acids is 1. The van der Waals surface area contributed by atoms with Gasteiger partial charge in [-0.15, -0.1) is 0 Å². The van der Waals surface area contributed by atoms with Gasteiger partial charge in [0, 0.05) is 24.7 Å². The van der Waals surface area contributed by atoms with Crippen molar-refractivity contribution in [3.8, 4) is 0 Å². The van der Waals surface area contributed by atoms with Gasteiger partial charge in [0.05, 0.1) is 25.1 Å². The van der Waals surface area contributed by atoms with Crippen LogP contribution in [0.4, 0.5) is 16.3 Å². The summed E-state index contributed by atoms with van der Waals surface area (Å²) >= 11 is 5.95. The van der Waals surface area contributed by atoms with E-state index < -0.39 is 0 Å². The number of pyridine rings is 1. The summed E-state index contributed by atoms with van der Waals surface area (Å²) in [5, 5.41) is 6.32. The fourth-order valence-corrected chi connectivity index (χ4v) is 2.84. The molecule has 0 atom stereocenters. The molecule has 0 unspecified atom stereocenters. The number of nitrogens with zero attached hydrogens (tertiary/aromatic N) is 2. The number of hydrogen-bond acceptors (Lipinski definition) is 4. The van der Waals surface area contributed by atoms with Crippen LogP contribution in [0.1, 0.15) is 5.56 Å². The zero-order valence-corrected chi connectivity index (χ0v) is 14.6. The molecule has 7 heteroatoms. The Morgan fingerprint density at radius 2 is 2.08 bits per heavy atom. The summed E-state index contributed by atoms with van der Waals surface area (Å²) in [5.74, 6) is 0.898. The van der Waals surface area contributed by atoms with Crippen LogP contribution in [0.15, 0.2) is 42.6 Å². The van der Waals surface area contributed by atoms with E-state index in [0.29, 0.717) is 17.3 Å². The highest BCUT2D eigenvalue weighted by Gasteiger charge is 2.12. The number of morpholine rings is 1. The number of aromatic nitrogens is 1. The van der Waals surface area contributed by atoms with E-state index in [4.69, 9.17) is 16.3 Å². The van der Waals surface area contributed by atoms with Gasteiger partial charge < -0.3 is 20.3 Å². The second-order valence-electron chi connectivity index (χ2n) is 5.77. The Labute approximate surface area is 152 Å². The van der Waals surface area contributed by atoms with E-state index >= 15 is 0 Å². The van der Waals surface area contributed by atoms with Crippen molar-refractivity contribution in [2.45, 2.75) is 6.42 Å². The monoisotopic (exact) mass is 360 g/mol. The largest absolute Gasteiger partial charge is 0.378 e.